The Kier molecular flexibility index (Phi) is 13.9. The van der Waals surface area contributed by atoms with Crippen molar-refractivity contribution in [2.24, 2.45) is 0 Å². The van der Waals surface area contributed by atoms with E-state index in [4.69, 9.17) is 29.9 Å². The molecule has 21 aromatic rings. The van der Waals surface area contributed by atoms with Gasteiger partial charge in [0, 0.05) is 65.8 Å². The summed E-state index contributed by atoms with van der Waals surface area (Å²) in [4.78, 5) is 35.0. The fraction of sp³-hybridized carbons (Fsp3) is 0.0111. The highest BCUT2D eigenvalue weighted by atomic mass is 15.2. The smallest absolute Gasteiger partial charge is 0.235 e. The van der Waals surface area contributed by atoms with Crippen LogP contribution in [0.2, 0.25) is 0 Å². The highest BCUT2D eigenvalue weighted by molar-refractivity contribution is 6.26. The zero-order chi connectivity index (χ0) is 66.2. The Morgan fingerprint density at radius 3 is 0.860 bits per heavy atom. The Labute approximate surface area is 573 Å². The Morgan fingerprint density at radius 1 is 0.210 bits per heavy atom. The number of hydrogen-bond donors (Lipinski definition) is 0. The molecule has 0 aliphatic carbocycles. The average molecular weight is 1280 g/mol. The number of benzene rings is 14. The summed E-state index contributed by atoms with van der Waals surface area (Å²) in [5, 5.41) is 17.9. The van der Waals surface area contributed by atoms with Gasteiger partial charge in [-0.2, -0.15) is 0 Å². The first-order valence-electron chi connectivity index (χ1n) is 33.6. The molecule has 7 aromatic heterocycles. The Balaban J connectivity index is 0.000000107. The van der Waals surface area contributed by atoms with Crippen LogP contribution in [0.5, 0.6) is 0 Å². The van der Waals surface area contributed by atoms with E-state index in [1.807, 2.05) is 48.5 Å². The van der Waals surface area contributed by atoms with Gasteiger partial charge < -0.3 is 0 Å². The van der Waals surface area contributed by atoms with Crippen LogP contribution < -0.4 is 0 Å². The summed E-state index contributed by atoms with van der Waals surface area (Å²) in [6, 6.07) is 114. The molecule has 0 bridgehead atoms. The van der Waals surface area contributed by atoms with Gasteiger partial charge in [-0.3, -0.25) is 18.7 Å². The van der Waals surface area contributed by atoms with Crippen molar-refractivity contribution in [3.63, 3.8) is 0 Å². The number of rotatable bonds is 6. The number of fused-ring (bicyclic) bond motifs is 18. The van der Waals surface area contributed by atoms with Crippen LogP contribution in [0.3, 0.4) is 0 Å². The first-order chi connectivity index (χ1) is 49.5. The number of aromatic nitrogens is 10. The van der Waals surface area contributed by atoms with Crippen LogP contribution >= 0.6 is 0 Å². The van der Waals surface area contributed by atoms with Gasteiger partial charge >= 0.3 is 0 Å². The highest BCUT2D eigenvalue weighted by Crippen LogP contribution is 2.41. The molecular formula is C90H58N10. The van der Waals surface area contributed by atoms with E-state index >= 15 is 0 Å². The van der Waals surface area contributed by atoms with Crippen LogP contribution in [0.1, 0.15) is 5.56 Å². The Morgan fingerprint density at radius 2 is 0.490 bits per heavy atom. The monoisotopic (exact) mass is 1280 g/mol. The van der Waals surface area contributed by atoms with E-state index in [-0.39, 0.29) is 0 Å². The van der Waals surface area contributed by atoms with Gasteiger partial charge in [0.05, 0.1) is 66.7 Å². The van der Waals surface area contributed by atoms with Gasteiger partial charge in [-0.15, -0.1) is 0 Å². The largest absolute Gasteiger partial charge is 0.278 e. The van der Waals surface area contributed by atoms with Crippen molar-refractivity contribution in [1.29, 1.82) is 0 Å². The SMILES string of the molecule is Cc1ccc(-c2nc(-n3c4ccccc4c4ccccc43)nc3ccccc23)cc1.c1ccc(-c2nc(-n3c4ccccc4c4ccccc43)nc3ccccc23)nc1.c1ccc2c(-c3ccc4c5ccccc5c5ccccc5c4c3)nc(-n3c4ccccc4c4ccccc43)nc2c1. The first kappa shape index (κ1) is 57.8. The molecule has 0 atom stereocenters. The van der Waals surface area contributed by atoms with Crippen LogP contribution in [0.4, 0.5) is 0 Å². The van der Waals surface area contributed by atoms with Gasteiger partial charge in [0.25, 0.3) is 0 Å². The quantitative estimate of drug-likeness (QED) is 0.153. The fourth-order valence-electron chi connectivity index (χ4n) is 14.8. The van der Waals surface area contributed by atoms with E-state index in [9.17, 15) is 0 Å². The van der Waals surface area contributed by atoms with E-state index < -0.39 is 0 Å². The molecule has 0 spiro atoms. The summed E-state index contributed by atoms with van der Waals surface area (Å²) in [5.74, 6) is 2.03. The minimum Gasteiger partial charge on any atom is -0.278 e. The molecule has 10 nitrogen and oxygen atoms in total. The maximum Gasteiger partial charge on any atom is 0.235 e. The lowest BCUT2D eigenvalue weighted by Crippen LogP contribution is -2.03. The summed E-state index contributed by atoms with van der Waals surface area (Å²) in [6.45, 7) is 2.10. The molecule has 0 N–H and O–H groups in total. The molecule has 10 heteroatoms. The maximum absolute atomic E-state index is 5.31. The second-order valence-electron chi connectivity index (χ2n) is 25.2. The summed E-state index contributed by atoms with van der Waals surface area (Å²) >= 11 is 0. The van der Waals surface area contributed by atoms with Gasteiger partial charge in [-0.1, -0.05) is 260 Å². The number of nitrogens with zero attached hydrogens (tertiary/aromatic N) is 10. The molecule has 468 valence electrons. The molecule has 14 aromatic carbocycles. The lowest BCUT2D eigenvalue weighted by Gasteiger charge is -2.14. The van der Waals surface area contributed by atoms with Gasteiger partial charge in [0.2, 0.25) is 17.8 Å². The Bertz CT molecular complexity index is 6610. The van der Waals surface area contributed by atoms with Crippen molar-refractivity contribution in [2.75, 3.05) is 0 Å². The zero-order valence-electron chi connectivity index (χ0n) is 54.2. The van der Waals surface area contributed by atoms with Crippen LogP contribution in [0, 0.1) is 6.92 Å². The Hall–Kier alpha value is -13.6. The first-order valence-corrected chi connectivity index (χ1v) is 33.6. The topological polar surface area (TPSA) is 105 Å². The second-order valence-corrected chi connectivity index (χ2v) is 25.2. The summed E-state index contributed by atoms with van der Waals surface area (Å²) in [7, 11) is 0. The number of pyridine rings is 1. The molecule has 21 rings (SSSR count). The molecule has 0 saturated heterocycles. The molecule has 0 aliphatic heterocycles. The van der Waals surface area contributed by atoms with Gasteiger partial charge in [-0.05, 0) is 112 Å². The van der Waals surface area contributed by atoms with Gasteiger partial charge in [0.15, 0.2) is 0 Å². The molecule has 0 radical (unpaired) electrons. The third-order valence-corrected chi connectivity index (χ3v) is 19.4. The molecule has 7 heterocycles. The summed E-state index contributed by atoms with van der Waals surface area (Å²) in [6.07, 6.45) is 1.80. The van der Waals surface area contributed by atoms with Crippen LogP contribution in [0.15, 0.2) is 334 Å². The minimum absolute atomic E-state index is 0.654. The molecule has 0 amide bonds. The number of para-hydroxylation sites is 9. The third kappa shape index (κ3) is 9.68. The van der Waals surface area contributed by atoms with Crippen molar-refractivity contribution in [2.45, 2.75) is 6.92 Å². The zero-order valence-corrected chi connectivity index (χ0v) is 54.2. The lowest BCUT2D eigenvalue weighted by atomic mass is 9.92. The van der Waals surface area contributed by atoms with Crippen molar-refractivity contribution in [1.82, 2.24) is 48.6 Å². The maximum atomic E-state index is 5.31. The van der Waals surface area contributed by atoms with Crippen molar-refractivity contribution < 1.29 is 0 Å². The van der Waals surface area contributed by atoms with Crippen LogP contribution in [-0.2, 0) is 0 Å². The van der Waals surface area contributed by atoms with E-state index in [1.54, 1.807) is 6.20 Å². The van der Waals surface area contributed by atoms with Crippen molar-refractivity contribution >= 4 is 130 Å². The predicted octanol–water partition coefficient (Wildman–Crippen LogP) is 22.3. The molecule has 0 saturated carbocycles. The van der Waals surface area contributed by atoms with E-state index in [0.717, 1.165) is 99.7 Å². The molecule has 0 unspecified atom stereocenters. The fourth-order valence-corrected chi connectivity index (χ4v) is 14.8. The van der Waals surface area contributed by atoms with E-state index in [1.165, 1.54) is 70.2 Å². The minimum atomic E-state index is 0.654. The highest BCUT2D eigenvalue weighted by Gasteiger charge is 2.22. The molecule has 0 aliphatic rings. The van der Waals surface area contributed by atoms with Gasteiger partial charge in [0.1, 0.15) is 5.69 Å². The molecule has 100 heavy (non-hydrogen) atoms. The van der Waals surface area contributed by atoms with E-state index in [2.05, 4.69) is 305 Å². The van der Waals surface area contributed by atoms with Crippen molar-refractivity contribution in [3.8, 4) is 51.7 Å². The van der Waals surface area contributed by atoms with Gasteiger partial charge in [-0.25, -0.2) is 29.9 Å². The van der Waals surface area contributed by atoms with Crippen LogP contribution in [0.25, 0.3) is 182 Å². The molecule has 0 fully saturated rings. The normalized spacial score (nSPS) is 11.7. The standard InChI is InChI=1S/C38H23N3.C27H19N3.C25H16N4/c1-2-13-27-25(11-1)26-12-3-4-14-28(26)33-23-24(21-22-29(27)33)37-32-17-5-8-18-34(32)39-38(40-37)41-35-19-9-6-15-30(35)31-16-7-10-20-36(31)41;1-18-14-16-19(17-15-18)26-22-10-2-5-11-23(22)28-27(29-26)30-24-12-6-3-8-20(24)21-9-4-7-13-25(21)30;1-4-12-20-19(11-1)24(21-13-7-8-16-26-21)28-25(27-20)29-22-14-5-2-9-17(22)18-10-3-6-15-23(18)29/h1-23H;2-17H,1H3;1-16H. The predicted molar refractivity (Wildman–Crippen MR) is 413 cm³/mol. The third-order valence-electron chi connectivity index (χ3n) is 19.4. The molecular weight excluding hydrogens is 1220 g/mol. The van der Waals surface area contributed by atoms with Crippen molar-refractivity contribution in [3.05, 3.63) is 339 Å². The average Bonchev–Trinajstić information content (AvgIpc) is 1.14. The lowest BCUT2D eigenvalue weighted by molar-refractivity contribution is 1.01. The number of hydrogen-bond acceptors (Lipinski definition) is 7. The second kappa shape index (κ2) is 24.0. The number of aryl methyl sites for hydroxylation is 1. The summed E-state index contributed by atoms with van der Waals surface area (Å²) in [5.41, 5.74) is 16.4. The van der Waals surface area contributed by atoms with Crippen LogP contribution in [-0.4, -0.2) is 48.6 Å². The summed E-state index contributed by atoms with van der Waals surface area (Å²) < 4.78 is 6.52. The van der Waals surface area contributed by atoms with E-state index in [0.29, 0.717) is 17.8 Å².